The fourth-order valence-electron chi connectivity index (χ4n) is 7.37. The number of aliphatic hydroxyl groups excluding tert-OH is 1. The fraction of sp³-hybridized carbons (Fsp3) is 0.828. The summed E-state index contributed by atoms with van der Waals surface area (Å²) in [7, 11) is 0. The number of ether oxygens (including phenoxy) is 2. The average Bonchev–Trinajstić information content (AvgIpc) is 3.37. The molecular formula is C29H47BrN2O6. The highest BCUT2D eigenvalue weighted by molar-refractivity contribution is 9.09. The summed E-state index contributed by atoms with van der Waals surface area (Å²) in [5.74, 6) is -2.49. The molecule has 0 radical (unpaired) electrons. The number of carbonyl (C=O) groups excluding carboxylic acids is 3. The number of amides is 2. The van der Waals surface area contributed by atoms with E-state index < -0.39 is 47.1 Å². The van der Waals surface area contributed by atoms with E-state index in [1.165, 1.54) is 0 Å². The molecular weight excluding hydrogens is 552 g/mol. The van der Waals surface area contributed by atoms with E-state index in [1.54, 1.807) is 22.8 Å². The number of alkyl halides is 1. The number of hydrogen-bond acceptors (Lipinski definition) is 6. The minimum atomic E-state index is -1.19. The van der Waals surface area contributed by atoms with Gasteiger partial charge in [0.25, 0.3) is 0 Å². The summed E-state index contributed by atoms with van der Waals surface area (Å²) in [6, 6.07) is -1.55. The highest BCUT2D eigenvalue weighted by Gasteiger charge is 2.77. The van der Waals surface area contributed by atoms with Crippen molar-refractivity contribution in [1.29, 1.82) is 0 Å². The van der Waals surface area contributed by atoms with Crippen LogP contribution in [0, 0.1) is 23.2 Å². The maximum atomic E-state index is 14.8. The second-order valence-corrected chi connectivity index (χ2v) is 14.6. The maximum Gasteiger partial charge on any atom is 0.312 e. The molecule has 0 aromatic carbocycles. The van der Waals surface area contributed by atoms with Gasteiger partial charge in [0.05, 0.1) is 37.2 Å². The fourth-order valence-corrected chi connectivity index (χ4v) is 8.32. The van der Waals surface area contributed by atoms with Gasteiger partial charge in [-0.15, -0.1) is 6.58 Å². The summed E-state index contributed by atoms with van der Waals surface area (Å²) < 4.78 is 12.0. The number of carbonyl (C=O) groups is 3. The number of fused-ring (bicyclic) bond motifs is 1. The molecule has 3 aliphatic heterocycles. The third-order valence-electron chi connectivity index (χ3n) is 8.14. The molecule has 0 aromatic heterocycles. The maximum absolute atomic E-state index is 14.8. The lowest BCUT2D eigenvalue weighted by atomic mass is 9.70. The molecule has 2 amide bonds. The van der Waals surface area contributed by atoms with Gasteiger partial charge in [-0.3, -0.25) is 14.4 Å². The molecule has 3 fully saturated rings. The topological polar surface area (TPSA) is 96.4 Å². The van der Waals surface area contributed by atoms with Gasteiger partial charge in [0.2, 0.25) is 11.8 Å². The first-order chi connectivity index (χ1) is 17.6. The van der Waals surface area contributed by atoms with Crippen molar-refractivity contribution < 1.29 is 29.0 Å². The third-order valence-corrected chi connectivity index (χ3v) is 8.98. The number of hydrogen-bond donors (Lipinski definition) is 1. The van der Waals surface area contributed by atoms with E-state index in [0.717, 1.165) is 6.42 Å². The summed E-state index contributed by atoms with van der Waals surface area (Å²) in [6.45, 7) is 20.4. The van der Waals surface area contributed by atoms with Crippen LogP contribution in [0.3, 0.4) is 0 Å². The molecule has 3 heterocycles. The lowest BCUT2D eigenvalue weighted by molar-refractivity contribution is -0.158. The Kier molecular flexibility index (Phi) is 9.16. The quantitative estimate of drug-likeness (QED) is 0.220. The first-order valence-electron chi connectivity index (χ1n) is 13.9. The largest absolute Gasteiger partial charge is 0.466 e. The number of halogens is 1. The molecule has 1 spiro atoms. The van der Waals surface area contributed by atoms with Crippen molar-refractivity contribution in [2.24, 2.45) is 23.2 Å². The van der Waals surface area contributed by atoms with Crippen molar-refractivity contribution in [3.05, 3.63) is 12.7 Å². The van der Waals surface area contributed by atoms with Crippen molar-refractivity contribution in [1.82, 2.24) is 9.80 Å². The van der Waals surface area contributed by atoms with E-state index in [2.05, 4.69) is 43.3 Å². The van der Waals surface area contributed by atoms with Crippen LogP contribution in [-0.2, 0) is 23.9 Å². The smallest absolute Gasteiger partial charge is 0.312 e. The lowest BCUT2D eigenvalue weighted by Gasteiger charge is -2.46. The summed E-state index contributed by atoms with van der Waals surface area (Å²) in [5, 5.41) is 10.5. The molecule has 1 unspecified atom stereocenters. The first-order valence-corrected chi connectivity index (χ1v) is 14.8. The van der Waals surface area contributed by atoms with Crippen LogP contribution in [0.25, 0.3) is 0 Å². The first kappa shape index (κ1) is 31.1. The molecule has 8 nitrogen and oxygen atoms in total. The van der Waals surface area contributed by atoms with E-state index in [9.17, 15) is 19.5 Å². The average molecular weight is 600 g/mol. The summed E-state index contributed by atoms with van der Waals surface area (Å²) in [6.07, 6.45) is 2.80. The zero-order valence-corrected chi connectivity index (χ0v) is 25.9. The normalized spacial score (nSPS) is 31.5. The Hall–Kier alpha value is -1.45. The van der Waals surface area contributed by atoms with Crippen molar-refractivity contribution in [2.45, 2.75) is 109 Å². The van der Waals surface area contributed by atoms with Crippen LogP contribution in [0.4, 0.5) is 0 Å². The summed E-state index contributed by atoms with van der Waals surface area (Å²) in [4.78, 5) is 45.4. The van der Waals surface area contributed by atoms with E-state index in [-0.39, 0.29) is 41.2 Å². The molecule has 0 saturated carbocycles. The molecule has 0 aliphatic carbocycles. The van der Waals surface area contributed by atoms with Crippen molar-refractivity contribution in [2.75, 3.05) is 19.8 Å². The molecule has 2 bridgehead atoms. The van der Waals surface area contributed by atoms with Crippen LogP contribution in [-0.4, -0.2) is 86.6 Å². The van der Waals surface area contributed by atoms with Gasteiger partial charge in [-0.1, -0.05) is 56.6 Å². The van der Waals surface area contributed by atoms with Crippen LogP contribution < -0.4 is 0 Å². The molecule has 3 aliphatic rings. The third kappa shape index (κ3) is 5.44. The van der Waals surface area contributed by atoms with Gasteiger partial charge in [-0.05, 0) is 51.4 Å². The van der Waals surface area contributed by atoms with Gasteiger partial charge >= 0.3 is 5.97 Å². The Morgan fingerprint density at radius 3 is 2.45 bits per heavy atom. The van der Waals surface area contributed by atoms with Crippen molar-refractivity contribution >= 4 is 33.7 Å². The summed E-state index contributed by atoms with van der Waals surface area (Å²) >= 11 is 3.69. The number of esters is 1. The molecule has 38 heavy (non-hydrogen) atoms. The zero-order chi connectivity index (χ0) is 28.8. The Labute approximate surface area is 236 Å². The molecule has 0 aromatic rings. The SMILES string of the molecule is C=CCN(C(=O)[C@@H]1N([C@@H](CO)CC(C)C)C(=O)[C@H]2[C@H](C(=O)OCC)[C@H]3O[C@@]12CC3Br)C(C)(C)CC(C)(C)C. The van der Waals surface area contributed by atoms with Gasteiger partial charge in [-0.25, -0.2) is 0 Å². The monoisotopic (exact) mass is 598 g/mol. The van der Waals surface area contributed by atoms with E-state index in [4.69, 9.17) is 9.47 Å². The number of rotatable bonds is 11. The standard InChI is InChI=1S/C29H47BrN2O6/c1-10-12-31(28(8,9)16-27(5,6)7)25(35)23-29-14-19(30)22(38-29)20(26(36)37-11-2)21(29)24(34)32(23)18(15-33)13-17(3)4/h10,17-23,33H,1,11-16H2,2-9H3/t18-,19?,20+,21-,22+,23+,29-/m1/s1. The van der Waals surface area contributed by atoms with Crippen LogP contribution in [0.5, 0.6) is 0 Å². The predicted octanol–water partition coefficient (Wildman–Crippen LogP) is 3.93. The van der Waals surface area contributed by atoms with Crippen LogP contribution >= 0.6 is 15.9 Å². The van der Waals surface area contributed by atoms with Crippen molar-refractivity contribution in [3.63, 3.8) is 0 Å². The number of aliphatic hydroxyl groups is 1. The van der Waals surface area contributed by atoms with Gasteiger partial charge < -0.3 is 24.4 Å². The van der Waals surface area contributed by atoms with E-state index >= 15 is 0 Å². The minimum absolute atomic E-state index is 0.0568. The van der Waals surface area contributed by atoms with Gasteiger partial charge in [0.1, 0.15) is 11.6 Å². The highest BCUT2D eigenvalue weighted by atomic mass is 79.9. The second kappa shape index (κ2) is 11.2. The zero-order valence-electron chi connectivity index (χ0n) is 24.3. The lowest BCUT2D eigenvalue weighted by Crippen LogP contribution is -2.62. The Morgan fingerprint density at radius 2 is 1.95 bits per heavy atom. The number of likely N-dealkylation sites (tertiary alicyclic amines) is 1. The predicted molar refractivity (Wildman–Crippen MR) is 150 cm³/mol. The summed E-state index contributed by atoms with van der Waals surface area (Å²) in [5.41, 5.74) is -1.80. The van der Waals surface area contributed by atoms with Gasteiger partial charge in [0.15, 0.2) is 0 Å². The molecule has 9 heteroatoms. The Bertz CT molecular complexity index is 931. The Balaban J connectivity index is 2.17. The van der Waals surface area contributed by atoms with Crippen molar-refractivity contribution in [3.8, 4) is 0 Å². The minimum Gasteiger partial charge on any atom is -0.466 e. The molecule has 3 saturated heterocycles. The van der Waals surface area contributed by atoms with Crippen LogP contribution in [0.2, 0.25) is 0 Å². The second-order valence-electron chi connectivity index (χ2n) is 13.4. The molecule has 3 rings (SSSR count). The van der Waals surface area contributed by atoms with E-state index in [1.807, 2.05) is 27.7 Å². The van der Waals surface area contributed by atoms with Gasteiger partial charge in [0, 0.05) is 16.9 Å². The molecule has 1 N–H and O–H groups in total. The van der Waals surface area contributed by atoms with Crippen LogP contribution in [0.1, 0.15) is 74.7 Å². The van der Waals surface area contributed by atoms with E-state index in [0.29, 0.717) is 19.4 Å². The Morgan fingerprint density at radius 1 is 1.32 bits per heavy atom. The number of nitrogens with zero attached hydrogens (tertiary/aromatic N) is 2. The van der Waals surface area contributed by atoms with Gasteiger partial charge in [-0.2, -0.15) is 0 Å². The highest BCUT2D eigenvalue weighted by Crippen LogP contribution is 2.61. The van der Waals surface area contributed by atoms with Crippen LogP contribution in [0.15, 0.2) is 12.7 Å². The molecule has 7 atom stereocenters. The molecule has 216 valence electrons.